The van der Waals surface area contributed by atoms with Crippen LogP contribution in [0.5, 0.6) is 0 Å². The minimum absolute atomic E-state index is 0.914. The van der Waals surface area contributed by atoms with Crippen molar-refractivity contribution in [1.82, 2.24) is 10.2 Å². The van der Waals surface area contributed by atoms with Crippen LogP contribution in [0.4, 0.5) is 0 Å². The van der Waals surface area contributed by atoms with Crippen LogP contribution in [0.15, 0.2) is 0 Å². The summed E-state index contributed by atoms with van der Waals surface area (Å²) in [6, 6.07) is 0.914. The first-order valence-electron chi connectivity index (χ1n) is 6.76. The smallest absolute Gasteiger partial charge is 0.0121 e. The summed E-state index contributed by atoms with van der Waals surface area (Å²) >= 11 is 0. The van der Waals surface area contributed by atoms with Gasteiger partial charge < -0.3 is 5.32 Å². The molecule has 1 saturated carbocycles. The Morgan fingerprint density at radius 3 is 2.80 bits per heavy atom. The molecule has 0 radical (unpaired) electrons. The van der Waals surface area contributed by atoms with E-state index in [1.165, 1.54) is 45.3 Å². The van der Waals surface area contributed by atoms with Gasteiger partial charge in [-0.3, -0.25) is 4.90 Å². The molecule has 1 heterocycles. The van der Waals surface area contributed by atoms with Crippen LogP contribution in [-0.4, -0.2) is 37.1 Å². The zero-order valence-electron chi connectivity index (χ0n) is 10.3. The third kappa shape index (κ3) is 2.73. The second-order valence-corrected chi connectivity index (χ2v) is 5.43. The molecule has 1 aliphatic carbocycles. The maximum Gasteiger partial charge on any atom is 0.0121 e. The van der Waals surface area contributed by atoms with Crippen LogP contribution in [0.1, 0.15) is 39.5 Å². The molecule has 0 aromatic heterocycles. The van der Waals surface area contributed by atoms with Crippen LogP contribution in [0.3, 0.4) is 0 Å². The normalized spacial score (nSPS) is 37.6. The van der Waals surface area contributed by atoms with Crippen molar-refractivity contribution < 1.29 is 0 Å². The minimum Gasteiger partial charge on any atom is -0.317 e. The van der Waals surface area contributed by atoms with Gasteiger partial charge in [-0.2, -0.15) is 0 Å². The van der Waals surface area contributed by atoms with Gasteiger partial charge in [0.15, 0.2) is 0 Å². The number of nitrogens with zero attached hydrogens (tertiary/aromatic N) is 1. The lowest BCUT2D eigenvalue weighted by Gasteiger charge is -2.27. The number of hydrogen-bond acceptors (Lipinski definition) is 2. The lowest BCUT2D eigenvalue weighted by molar-refractivity contribution is 0.198. The van der Waals surface area contributed by atoms with Gasteiger partial charge >= 0.3 is 0 Å². The molecule has 0 aromatic carbocycles. The van der Waals surface area contributed by atoms with Gasteiger partial charge in [0.05, 0.1) is 0 Å². The Labute approximate surface area is 94.4 Å². The van der Waals surface area contributed by atoms with E-state index in [1.54, 1.807) is 0 Å². The molecule has 1 saturated heterocycles. The number of likely N-dealkylation sites (tertiary alicyclic amines) is 1. The number of rotatable bonds is 4. The minimum atomic E-state index is 0.914. The second kappa shape index (κ2) is 5.31. The number of nitrogens with one attached hydrogen (secondary N) is 1. The fourth-order valence-electron chi connectivity index (χ4n) is 3.35. The molecule has 2 rings (SSSR count). The molecular weight excluding hydrogens is 184 g/mol. The topological polar surface area (TPSA) is 15.3 Å². The molecule has 3 unspecified atom stereocenters. The zero-order valence-corrected chi connectivity index (χ0v) is 10.3. The molecule has 88 valence electrons. The molecule has 0 bridgehead atoms. The average molecular weight is 210 g/mol. The molecular formula is C13H26N2. The molecule has 2 nitrogen and oxygen atoms in total. The average Bonchev–Trinajstić information content (AvgIpc) is 2.83. The Balaban J connectivity index is 1.76. The van der Waals surface area contributed by atoms with E-state index in [9.17, 15) is 0 Å². The van der Waals surface area contributed by atoms with Crippen molar-refractivity contribution in [2.75, 3.05) is 26.2 Å². The summed E-state index contributed by atoms with van der Waals surface area (Å²) in [5.74, 6) is 1.86. The molecule has 1 aliphatic heterocycles. The van der Waals surface area contributed by atoms with Gasteiger partial charge in [-0.1, -0.05) is 20.3 Å². The molecule has 3 atom stereocenters. The van der Waals surface area contributed by atoms with Crippen LogP contribution in [0, 0.1) is 11.8 Å². The van der Waals surface area contributed by atoms with Crippen molar-refractivity contribution >= 4 is 0 Å². The van der Waals surface area contributed by atoms with Crippen LogP contribution in [-0.2, 0) is 0 Å². The van der Waals surface area contributed by atoms with E-state index in [2.05, 4.69) is 24.1 Å². The number of hydrogen-bond donors (Lipinski definition) is 1. The van der Waals surface area contributed by atoms with Crippen LogP contribution in [0.25, 0.3) is 0 Å². The Kier molecular flexibility index (Phi) is 4.04. The van der Waals surface area contributed by atoms with Gasteiger partial charge in [0.25, 0.3) is 0 Å². The summed E-state index contributed by atoms with van der Waals surface area (Å²) < 4.78 is 0. The van der Waals surface area contributed by atoms with Gasteiger partial charge in [0.2, 0.25) is 0 Å². The highest BCUT2D eigenvalue weighted by Crippen LogP contribution is 2.32. The van der Waals surface area contributed by atoms with E-state index in [0.717, 1.165) is 24.4 Å². The van der Waals surface area contributed by atoms with Gasteiger partial charge in [-0.15, -0.1) is 0 Å². The first-order valence-corrected chi connectivity index (χ1v) is 6.76. The van der Waals surface area contributed by atoms with Crippen LogP contribution >= 0.6 is 0 Å². The molecule has 1 N–H and O–H groups in total. The van der Waals surface area contributed by atoms with Crippen molar-refractivity contribution in [3.8, 4) is 0 Å². The molecule has 15 heavy (non-hydrogen) atoms. The van der Waals surface area contributed by atoms with E-state index in [1.807, 2.05) is 0 Å². The Morgan fingerprint density at radius 1 is 1.27 bits per heavy atom. The third-order valence-electron chi connectivity index (χ3n) is 4.29. The second-order valence-electron chi connectivity index (χ2n) is 5.43. The predicted octanol–water partition coefficient (Wildman–Crippen LogP) is 2.11. The SMILES string of the molecule is CCNCC1CCN(C2CCCC2C)C1. The van der Waals surface area contributed by atoms with E-state index < -0.39 is 0 Å². The summed E-state index contributed by atoms with van der Waals surface area (Å²) in [6.07, 6.45) is 5.78. The zero-order chi connectivity index (χ0) is 10.7. The Hall–Kier alpha value is -0.0800. The highest BCUT2D eigenvalue weighted by atomic mass is 15.2. The fourth-order valence-corrected chi connectivity index (χ4v) is 3.35. The summed E-state index contributed by atoms with van der Waals surface area (Å²) in [7, 11) is 0. The van der Waals surface area contributed by atoms with Gasteiger partial charge in [0, 0.05) is 12.6 Å². The molecule has 2 heteroatoms. The predicted molar refractivity (Wildman–Crippen MR) is 65.0 cm³/mol. The van der Waals surface area contributed by atoms with E-state index >= 15 is 0 Å². The van der Waals surface area contributed by atoms with Crippen molar-refractivity contribution in [3.05, 3.63) is 0 Å². The monoisotopic (exact) mass is 210 g/mol. The van der Waals surface area contributed by atoms with Gasteiger partial charge in [0.1, 0.15) is 0 Å². The highest BCUT2D eigenvalue weighted by molar-refractivity contribution is 4.88. The van der Waals surface area contributed by atoms with Crippen molar-refractivity contribution in [2.24, 2.45) is 11.8 Å². The molecule has 0 amide bonds. The third-order valence-corrected chi connectivity index (χ3v) is 4.29. The van der Waals surface area contributed by atoms with Crippen molar-refractivity contribution in [3.63, 3.8) is 0 Å². The van der Waals surface area contributed by atoms with E-state index in [4.69, 9.17) is 0 Å². The highest BCUT2D eigenvalue weighted by Gasteiger charge is 2.33. The summed E-state index contributed by atoms with van der Waals surface area (Å²) in [5, 5.41) is 3.49. The Morgan fingerprint density at radius 2 is 2.13 bits per heavy atom. The van der Waals surface area contributed by atoms with E-state index in [0.29, 0.717) is 0 Å². The van der Waals surface area contributed by atoms with Crippen LogP contribution < -0.4 is 5.32 Å². The van der Waals surface area contributed by atoms with Gasteiger partial charge in [-0.05, 0) is 50.7 Å². The summed E-state index contributed by atoms with van der Waals surface area (Å²) in [4.78, 5) is 2.76. The summed E-state index contributed by atoms with van der Waals surface area (Å²) in [5.41, 5.74) is 0. The van der Waals surface area contributed by atoms with Crippen molar-refractivity contribution in [1.29, 1.82) is 0 Å². The molecule has 2 fully saturated rings. The standard InChI is InChI=1S/C13H26N2/c1-3-14-9-12-7-8-15(10-12)13-6-4-5-11(13)2/h11-14H,3-10H2,1-2H3. The quantitative estimate of drug-likeness (QED) is 0.764. The van der Waals surface area contributed by atoms with E-state index in [-0.39, 0.29) is 0 Å². The Bertz CT molecular complexity index is 193. The lowest BCUT2D eigenvalue weighted by Crippen LogP contribution is -2.36. The fraction of sp³-hybridized carbons (Fsp3) is 1.00. The first-order chi connectivity index (χ1) is 7.31. The maximum atomic E-state index is 3.49. The molecule has 0 aromatic rings. The lowest BCUT2D eigenvalue weighted by atomic mass is 10.1. The maximum absolute atomic E-state index is 3.49. The first kappa shape index (κ1) is 11.4. The van der Waals surface area contributed by atoms with Crippen molar-refractivity contribution in [2.45, 2.75) is 45.6 Å². The largest absolute Gasteiger partial charge is 0.317 e. The van der Waals surface area contributed by atoms with Gasteiger partial charge in [-0.25, -0.2) is 0 Å². The molecule has 0 spiro atoms. The van der Waals surface area contributed by atoms with Crippen LogP contribution in [0.2, 0.25) is 0 Å². The summed E-state index contributed by atoms with van der Waals surface area (Å²) in [6.45, 7) is 9.69. The molecule has 2 aliphatic rings.